The summed E-state index contributed by atoms with van der Waals surface area (Å²) < 4.78 is 4.95. The lowest BCUT2D eigenvalue weighted by molar-refractivity contribution is -0.132. The van der Waals surface area contributed by atoms with Crippen molar-refractivity contribution in [3.05, 3.63) is 59.7 Å². The monoisotopic (exact) mass is 326 g/mol. The zero-order valence-electron chi connectivity index (χ0n) is 12.9. The fourth-order valence-corrected chi connectivity index (χ4v) is 1.95. The van der Waals surface area contributed by atoms with Crippen LogP contribution in [0.25, 0.3) is 0 Å². The summed E-state index contributed by atoms with van der Waals surface area (Å²) in [5.41, 5.74) is 1.17. The van der Waals surface area contributed by atoms with E-state index < -0.39 is 6.10 Å². The topological polar surface area (TPSA) is 91.5 Å². The van der Waals surface area contributed by atoms with E-state index >= 15 is 0 Å². The largest absolute Gasteiger partial charge is 0.507 e. The molecule has 0 aromatic heterocycles. The van der Waals surface area contributed by atoms with Gasteiger partial charge in [0.2, 0.25) is 0 Å². The summed E-state index contributed by atoms with van der Waals surface area (Å²) in [7, 11) is 0. The highest BCUT2D eigenvalue weighted by atomic mass is 16.5. The number of hydrogen-bond donors (Lipinski definition) is 2. The van der Waals surface area contributed by atoms with Gasteiger partial charge in [0, 0.05) is 23.6 Å². The van der Waals surface area contributed by atoms with E-state index in [-0.39, 0.29) is 24.6 Å². The Morgan fingerprint density at radius 3 is 1.75 bits per heavy atom. The number of carbonyl (C=O) groups excluding carboxylic acids is 1. The van der Waals surface area contributed by atoms with Crippen molar-refractivity contribution in [1.82, 2.24) is 0 Å². The van der Waals surface area contributed by atoms with Crippen LogP contribution in [-0.4, -0.2) is 48.3 Å². The molecule has 0 heterocycles. The molecule has 6 nitrogen and oxygen atoms in total. The zero-order chi connectivity index (χ0) is 17.2. The molecule has 2 N–H and O–H groups in total. The van der Waals surface area contributed by atoms with Crippen molar-refractivity contribution in [2.75, 3.05) is 13.1 Å². The third-order valence-electron chi connectivity index (χ3n) is 3.20. The lowest BCUT2D eigenvalue weighted by Gasteiger charge is -2.09. The molecule has 0 fully saturated rings. The molecular weight excluding hydrogens is 308 g/mol. The van der Waals surface area contributed by atoms with Crippen molar-refractivity contribution < 1.29 is 19.7 Å². The van der Waals surface area contributed by atoms with Gasteiger partial charge in [-0.2, -0.15) is 0 Å². The Morgan fingerprint density at radius 1 is 0.875 bits per heavy atom. The van der Waals surface area contributed by atoms with Gasteiger partial charge in [0.05, 0.1) is 13.1 Å². The molecular formula is C18H18N2O4. The first kappa shape index (κ1) is 17.2. The van der Waals surface area contributed by atoms with E-state index in [0.717, 1.165) is 0 Å². The lowest BCUT2D eigenvalue weighted by atomic mass is 10.2. The number of para-hydroxylation sites is 2. The average molecular weight is 326 g/mol. The number of rotatable bonds is 8. The smallest absolute Gasteiger partial charge is 0.293 e. The number of phenolic OH excluding ortho intramolecular Hbond substituents is 2. The minimum absolute atomic E-state index is 0.131. The number of hydrogen-bond acceptors (Lipinski definition) is 6. The third-order valence-corrected chi connectivity index (χ3v) is 3.20. The van der Waals surface area contributed by atoms with Crippen LogP contribution >= 0.6 is 0 Å². The van der Waals surface area contributed by atoms with Gasteiger partial charge in [0.25, 0.3) is 6.47 Å². The van der Waals surface area contributed by atoms with Crippen LogP contribution in [0.3, 0.4) is 0 Å². The molecule has 0 saturated carbocycles. The van der Waals surface area contributed by atoms with Gasteiger partial charge in [-0.25, -0.2) is 0 Å². The van der Waals surface area contributed by atoms with Crippen LogP contribution in [0.2, 0.25) is 0 Å². The first-order valence-corrected chi connectivity index (χ1v) is 7.35. The molecule has 0 aliphatic carbocycles. The molecule has 0 radical (unpaired) electrons. The summed E-state index contributed by atoms with van der Waals surface area (Å²) in [5.74, 6) is 0.262. The van der Waals surface area contributed by atoms with Crippen LogP contribution in [0, 0.1) is 0 Å². The Balaban J connectivity index is 1.93. The Bertz CT molecular complexity index is 671. The molecule has 2 rings (SSSR count). The highest BCUT2D eigenvalue weighted by Gasteiger charge is 2.07. The van der Waals surface area contributed by atoms with Crippen molar-refractivity contribution in [1.29, 1.82) is 0 Å². The minimum Gasteiger partial charge on any atom is -0.507 e. The van der Waals surface area contributed by atoms with E-state index in [9.17, 15) is 15.0 Å². The Morgan fingerprint density at radius 2 is 1.33 bits per heavy atom. The van der Waals surface area contributed by atoms with Gasteiger partial charge >= 0.3 is 0 Å². The summed E-state index contributed by atoms with van der Waals surface area (Å²) in [6, 6.07) is 13.6. The Labute approximate surface area is 139 Å². The van der Waals surface area contributed by atoms with Crippen molar-refractivity contribution >= 4 is 18.9 Å². The molecule has 2 aromatic carbocycles. The van der Waals surface area contributed by atoms with Crippen molar-refractivity contribution in [3.8, 4) is 11.5 Å². The Kier molecular flexibility index (Phi) is 6.52. The van der Waals surface area contributed by atoms with E-state index in [0.29, 0.717) is 17.6 Å². The van der Waals surface area contributed by atoms with Crippen LogP contribution in [-0.2, 0) is 9.53 Å². The number of aliphatic imine (C=N–C) groups is 2. The van der Waals surface area contributed by atoms with E-state index in [1.165, 1.54) is 12.4 Å². The second kappa shape index (κ2) is 9.09. The van der Waals surface area contributed by atoms with E-state index in [4.69, 9.17) is 4.74 Å². The second-order valence-corrected chi connectivity index (χ2v) is 4.96. The summed E-state index contributed by atoms with van der Waals surface area (Å²) >= 11 is 0. The maximum absolute atomic E-state index is 10.6. The van der Waals surface area contributed by atoms with Crippen LogP contribution in [0.15, 0.2) is 58.5 Å². The number of phenols is 2. The second-order valence-electron chi connectivity index (χ2n) is 4.96. The number of benzene rings is 2. The van der Waals surface area contributed by atoms with Gasteiger partial charge in [0.15, 0.2) is 0 Å². The first-order valence-electron chi connectivity index (χ1n) is 7.35. The summed E-state index contributed by atoms with van der Waals surface area (Å²) in [6.07, 6.45) is 2.51. The van der Waals surface area contributed by atoms with Gasteiger partial charge in [0.1, 0.15) is 17.6 Å². The molecule has 0 unspecified atom stereocenters. The molecule has 24 heavy (non-hydrogen) atoms. The fourth-order valence-electron chi connectivity index (χ4n) is 1.95. The molecule has 0 bridgehead atoms. The first-order chi connectivity index (χ1) is 11.7. The molecule has 0 amide bonds. The molecule has 0 atom stereocenters. The van der Waals surface area contributed by atoms with E-state index in [2.05, 4.69) is 9.98 Å². The van der Waals surface area contributed by atoms with Crippen molar-refractivity contribution in [3.63, 3.8) is 0 Å². The number of ether oxygens (including phenoxy) is 1. The maximum Gasteiger partial charge on any atom is 0.293 e. The highest BCUT2D eigenvalue weighted by molar-refractivity contribution is 5.83. The molecule has 0 aliphatic rings. The summed E-state index contributed by atoms with van der Waals surface area (Å²) in [4.78, 5) is 18.9. The third kappa shape index (κ3) is 5.24. The summed E-state index contributed by atoms with van der Waals surface area (Å²) in [5, 5.41) is 19.3. The fraction of sp³-hybridized carbons (Fsp3) is 0.167. The zero-order valence-corrected chi connectivity index (χ0v) is 12.9. The van der Waals surface area contributed by atoms with Crippen LogP contribution in [0.4, 0.5) is 0 Å². The van der Waals surface area contributed by atoms with Crippen LogP contribution in [0.5, 0.6) is 11.5 Å². The number of nitrogens with zero attached hydrogens (tertiary/aromatic N) is 2. The van der Waals surface area contributed by atoms with Crippen LogP contribution < -0.4 is 0 Å². The molecule has 0 saturated heterocycles. The maximum atomic E-state index is 10.6. The molecule has 0 spiro atoms. The van der Waals surface area contributed by atoms with Gasteiger partial charge in [-0.15, -0.1) is 0 Å². The number of aromatic hydroxyl groups is 2. The Hall–Kier alpha value is -3.15. The van der Waals surface area contributed by atoms with E-state index in [1.54, 1.807) is 48.5 Å². The lowest BCUT2D eigenvalue weighted by Crippen LogP contribution is -2.20. The summed E-state index contributed by atoms with van der Waals surface area (Å²) in [6.45, 7) is 0.784. The predicted octanol–water partition coefficient (Wildman–Crippen LogP) is 2.18. The van der Waals surface area contributed by atoms with Crippen molar-refractivity contribution in [2.24, 2.45) is 9.98 Å². The average Bonchev–Trinajstić information content (AvgIpc) is 2.58. The van der Waals surface area contributed by atoms with Gasteiger partial charge in [-0.3, -0.25) is 14.8 Å². The van der Waals surface area contributed by atoms with Gasteiger partial charge < -0.3 is 14.9 Å². The minimum atomic E-state index is -0.522. The quantitative estimate of drug-likeness (QED) is 0.574. The van der Waals surface area contributed by atoms with Gasteiger partial charge in [-0.05, 0) is 24.3 Å². The van der Waals surface area contributed by atoms with E-state index in [1.807, 2.05) is 0 Å². The van der Waals surface area contributed by atoms with Crippen LogP contribution in [0.1, 0.15) is 11.1 Å². The number of carbonyl (C=O) groups is 1. The SMILES string of the molecule is O=COC(CN=Cc1ccccc1O)CN=Cc1ccccc1O. The van der Waals surface area contributed by atoms with Crippen molar-refractivity contribution in [2.45, 2.75) is 6.10 Å². The molecule has 0 aliphatic heterocycles. The predicted molar refractivity (Wildman–Crippen MR) is 92.1 cm³/mol. The highest BCUT2D eigenvalue weighted by Crippen LogP contribution is 2.13. The normalized spacial score (nSPS) is 12.5. The van der Waals surface area contributed by atoms with Gasteiger partial charge in [-0.1, -0.05) is 24.3 Å². The molecule has 6 heteroatoms. The standard InChI is InChI=1S/C18H18N2O4/c21-13-24-16(11-19-9-14-5-1-3-7-17(14)22)12-20-10-15-6-2-4-8-18(15)23/h1-10,13,16,22-23H,11-12H2. The molecule has 2 aromatic rings. The molecule has 124 valence electrons.